The van der Waals surface area contributed by atoms with Crippen LogP contribution in [0.25, 0.3) is 11.1 Å². The van der Waals surface area contributed by atoms with Crippen LogP contribution in [0.3, 0.4) is 0 Å². The second kappa shape index (κ2) is 11.1. The molecule has 1 N–H and O–H groups in total. The maximum Gasteiger partial charge on any atom is 0.414 e. The molecule has 0 radical (unpaired) electrons. The van der Waals surface area contributed by atoms with Crippen LogP contribution in [0.1, 0.15) is 12.5 Å². The Morgan fingerprint density at radius 3 is 2.60 bits per heavy atom. The van der Waals surface area contributed by atoms with Crippen molar-refractivity contribution in [2.45, 2.75) is 13.0 Å². The summed E-state index contributed by atoms with van der Waals surface area (Å²) in [6.45, 7) is 10.2. The van der Waals surface area contributed by atoms with Crippen molar-refractivity contribution in [1.29, 1.82) is 0 Å². The third-order valence-electron chi connectivity index (χ3n) is 6.04. The number of nitrogens with one attached hydrogen (secondary N) is 1. The van der Waals surface area contributed by atoms with Gasteiger partial charge in [0.2, 0.25) is 5.91 Å². The molecule has 2 amide bonds. The van der Waals surface area contributed by atoms with Crippen LogP contribution in [-0.2, 0) is 9.53 Å². The van der Waals surface area contributed by atoms with E-state index in [1.807, 2.05) is 36.6 Å². The van der Waals surface area contributed by atoms with Crippen LogP contribution >= 0.6 is 0 Å². The van der Waals surface area contributed by atoms with Gasteiger partial charge in [-0.1, -0.05) is 30.3 Å². The average Bonchev–Trinajstić information content (AvgIpc) is 3.23. The Balaban J connectivity index is 1.37. The number of carbonyl (C=O) groups is 2. The standard InChI is InChI=1S/C26H30FN5O3/c1-3-10-30-11-13-31(14-12-30)29-16-20-4-6-21(7-5-20)24-9-8-22(15-25(24)27)32-18-23(35-26(32)34)17-28-19(2)33/h3-9,15-16,23H,1,10-14,17-18H2,2H3,(H,28,33)/b29-16+/t23-/m0/s1. The largest absolute Gasteiger partial charge is 0.442 e. The van der Waals surface area contributed by atoms with Gasteiger partial charge in [-0.05, 0) is 29.3 Å². The smallest absolute Gasteiger partial charge is 0.414 e. The van der Waals surface area contributed by atoms with Crippen LogP contribution in [0, 0.1) is 5.82 Å². The van der Waals surface area contributed by atoms with E-state index in [2.05, 4.69) is 26.9 Å². The molecular weight excluding hydrogens is 449 g/mol. The number of rotatable bonds is 8. The summed E-state index contributed by atoms with van der Waals surface area (Å²) < 4.78 is 20.2. The molecule has 8 nitrogen and oxygen atoms in total. The average molecular weight is 480 g/mol. The molecule has 0 aliphatic carbocycles. The third-order valence-corrected chi connectivity index (χ3v) is 6.04. The lowest BCUT2D eigenvalue weighted by Crippen LogP contribution is -2.43. The van der Waals surface area contributed by atoms with Crippen molar-refractivity contribution in [1.82, 2.24) is 15.2 Å². The maximum atomic E-state index is 15.0. The summed E-state index contributed by atoms with van der Waals surface area (Å²) in [5, 5.41) is 9.25. The number of cyclic esters (lactones) is 1. The zero-order chi connectivity index (χ0) is 24.8. The number of ether oxygens (including phenoxy) is 1. The summed E-state index contributed by atoms with van der Waals surface area (Å²) in [4.78, 5) is 27.0. The first-order valence-corrected chi connectivity index (χ1v) is 11.7. The number of halogens is 1. The Kier molecular flexibility index (Phi) is 7.77. The molecule has 35 heavy (non-hydrogen) atoms. The van der Waals surface area contributed by atoms with Gasteiger partial charge in [-0.25, -0.2) is 9.18 Å². The molecule has 4 rings (SSSR count). The van der Waals surface area contributed by atoms with Crippen molar-refractivity contribution in [3.63, 3.8) is 0 Å². The van der Waals surface area contributed by atoms with Gasteiger partial charge in [-0.3, -0.25) is 19.6 Å². The van der Waals surface area contributed by atoms with Gasteiger partial charge in [-0.15, -0.1) is 6.58 Å². The molecule has 0 bridgehead atoms. The van der Waals surface area contributed by atoms with E-state index in [1.54, 1.807) is 12.1 Å². The summed E-state index contributed by atoms with van der Waals surface area (Å²) in [7, 11) is 0. The Morgan fingerprint density at radius 2 is 1.94 bits per heavy atom. The second-order valence-corrected chi connectivity index (χ2v) is 8.63. The molecular formula is C26H30FN5O3. The lowest BCUT2D eigenvalue weighted by molar-refractivity contribution is -0.119. The van der Waals surface area contributed by atoms with Crippen LogP contribution in [0.4, 0.5) is 14.9 Å². The summed E-state index contributed by atoms with van der Waals surface area (Å²) in [6, 6.07) is 12.2. The molecule has 2 aromatic rings. The molecule has 0 saturated carbocycles. The van der Waals surface area contributed by atoms with E-state index in [0.29, 0.717) is 11.3 Å². The van der Waals surface area contributed by atoms with Gasteiger partial charge in [0.05, 0.1) is 25.0 Å². The predicted octanol–water partition coefficient (Wildman–Crippen LogP) is 3.09. The summed E-state index contributed by atoms with van der Waals surface area (Å²) in [5.41, 5.74) is 2.53. The number of hydrazone groups is 1. The molecule has 9 heteroatoms. The lowest BCUT2D eigenvalue weighted by atomic mass is 10.0. The van der Waals surface area contributed by atoms with E-state index in [9.17, 15) is 14.0 Å². The molecule has 2 fully saturated rings. The number of carbonyl (C=O) groups excluding carboxylic acids is 2. The fourth-order valence-corrected chi connectivity index (χ4v) is 4.12. The van der Waals surface area contributed by atoms with Crippen LogP contribution in [0.5, 0.6) is 0 Å². The Bertz CT molecular complexity index is 1100. The van der Waals surface area contributed by atoms with E-state index >= 15 is 0 Å². The maximum absolute atomic E-state index is 15.0. The first-order valence-electron chi connectivity index (χ1n) is 11.7. The fraction of sp³-hybridized carbons (Fsp3) is 0.346. The first kappa shape index (κ1) is 24.4. The molecule has 2 aliphatic heterocycles. The molecule has 184 valence electrons. The van der Waals surface area contributed by atoms with Gasteiger partial charge in [0, 0.05) is 45.2 Å². The van der Waals surface area contributed by atoms with Crippen LogP contribution in [0.15, 0.2) is 60.2 Å². The second-order valence-electron chi connectivity index (χ2n) is 8.63. The molecule has 2 aromatic carbocycles. The molecule has 0 spiro atoms. The Hall–Kier alpha value is -3.72. The van der Waals surface area contributed by atoms with E-state index in [0.717, 1.165) is 43.9 Å². The SMILES string of the molecule is C=CCN1CCN(/N=C/c2ccc(-c3ccc(N4C[C@H](CNC(C)=O)OC4=O)cc3F)cc2)CC1. The van der Waals surface area contributed by atoms with Gasteiger partial charge in [-0.2, -0.15) is 5.10 Å². The van der Waals surface area contributed by atoms with Gasteiger partial charge in [0.1, 0.15) is 11.9 Å². The van der Waals surface area contributed by atoms with Crippen LogP contribution < -0.4 is 10.2 Å². The van der Waals surface area contributed by atoms with Crippen molar-refractivity contribution in [2.24, 2.45) is 5.10 Å². The van der Waals surface area contributed by atoms with Crippen LogP contribution in [0.2, 0.25) is 0 Å². The van der Waals surface area contributed by atoms with E-state index in [4.69, 9.17) is 4.74 Å². The monoisotopic (exact) mass is 479 g/mol. The number of benzene rings is 2. The van der Waals surface area contributed by atoms with Crippen LogP contribution in [-0.4, -0.2) is 80.0 Å². The molecule has 2 aliphatic rings. The minimum atomic E-state index is -0.557. The highest BCUT2D eigenvalue weighted by Gasteiger charge is 2.32. The quantitative estimate of drug-likeness (QED) is 0.465. The highest BCUT2D eigenvalue weighted by Crippen LogP contribution is 2.29. The van der Waals surface area contributed by atoms with Gasteiger partial charge < -0.3 is 10.1 Å². The summed E-state index contributed by atoms with van der Waals surface area (Å²) >= 11 is 0. The number of nitrogens with zero attached hydrogens (tertiary/aromatic N) is 4. The topological polar surface area (TPSA) is 77.5 Å². The fourth-order valence-electron chi connectivity index (χ4n) is 4.12. The third kappa shape index (κ3) is 6.24. The van der Waals surface area contributed by atoms with Gasteiger partial charge >= 0.3 is 6.09 Å². The zero-order valence-electron chi connectivity index (χ0n) is 19.8. The van der Waals surface area contributed by atoms with Crippen molar-refractivity contribution >= 4 is 23.9 Å². The Morgan fingerprint density at radius 1 is 1.20 bits per heavy atom. The highest BCUT2D eigenvalue weighted by atomic mass is 19.1. The molecule has 0 aromatic heterocycles. The lowest BCUT2D eigenvalue weighted by Gasteiger charge is -2.32. The number of amides is 2. The summed E-state index contributed by atoms with van der Waals surface area (Å²) in [5.74, 6) is -0.631. The van der Waals surface area contributed by atoms with Crippen molar-refractivity contribution in [2.75, 3.05) is 50.7 Å². The van der Waals surface area contributed by atoms with E-state index in [1.165, 1.54) is 17.9 Å². The summed E-state index contributed by atoms with van der Waals surface area (Å²) in [6.07, 6.45) is 2.71. The van der Waals surface area contributed by atoms with E-state index < -0.39 is 18.0 Å². The van der Waals surface area contributed by atoms with E-state index in [-0.39, 0.29) is 19.0 Å². The van der Waals surface area contributed by atoms with Crippen molar-refractivity contribution in [3.8, 4) is 11.1 Å². The number of hydrogen-bond acceptors (Lipinski definition) is 6. The first-order chi connectivity index (χ1) is 16.9. The van der Waals surface area contributed by atoms with Crippen molar-refractivity contribution < 1.29 is 18.7 Å². The minimum absolute atomic E-state index is 0.200. The number of anilines is 1. The minimum Gasteiger partial charge on any atom is -0.442 e. The molecule has 2 heterocycles. The number of hydrogen-bond donors (Lipinski definition) is 1. The predicted molar refractivity (Wildman–Crippen MR) is 134 cm³/mol. The number of piperazine rings is 1. The molecule has 2 saturated heterocycles. The zero-order valence-corrected chi connectivity index (χ0v) is 19.8. The van der Waals surface area contributed by atoms with Gasteiger partial charge in [0.25, 0.3) is 0 Å². The van der Waals surface area contributed by atoms with Crippen molar-refractivity contribution in [3.05, 3.63) is 66.5 Å². The highest BCUT2D eigenvalue weighted by molar-refractivity contribution is 5.90. The molecule has 0 unspecified atom stereocenters. The van der Waals surface area contributed by atoms with Gasteiger partial charge in [0.15, 0.2) is 0 Å². The molecule has 1 atom stereocenters. The normalized spacial score (nSPS) is 18.7. The Labute approximate surface area is 204 Å².